The average Bonchev–Trinajstić information content (AvgIpc) is 3.60. The number of aromatic nitrogens is 6. The lowest BCUT2D eigenvalue weighted by atomic mass is 9.82. The van der Waals surface area contributed by atoms with Gasteiger partial charge in [-0.1, -0.05) is 13.0 Å². The molecule has 38 heavy (non-hydrogen) atoms. The van der Waals surface area contributed by atoms with Crippen molar-refractivity contribution in [1.82, 2.24) is 29.9 Å². The van der Waals surface area contributed by atoms with E-state index in [9.17, 15) is 4.79 Å². The van der Waals surface area contributed by atoms with Crippen LogP contribution >= 0.6 is 0 Å². The number of aryl methyl sites for hydroxylation is 2. The lowest BCUT2D eigenvalue weighted by Gasteiger charge is -2.40. The molecule has 0 bridgehead atoms. The number of carbonyl (C=O) groups is 1. The molecule has 10 nitrogen and oxygen atoms in total. The van der Waals surface area contributed by atoms with Crippen molar-refractivity contribution < 1.29 is 9.53 Å². The Hall–Kier alpha value is -4.05. The SMILES string of the molecule is COC1(C(=O)C[C@@H](C)c2ccc(-n3cccn3)nc2)CCN(c2cc(C)cc(Nc3cc(C)[nH]n3)n2)CC1. The molecular formula is C28H34N8O2. The summed E-state index contributed by atoms with van der Waals surface area (Å²) in [6.45, 7) is 7.45. The summed E-state index contributed by atoms with van der Waals surface area (Å²) < 4.78 is 7.63. The number of nitrogens with one attached hydrogen (secondary N) is 2. The van der Waals surface area contributed by atoms with Gasteiger partial charge in [0.05, 0.1) is 0 Å². The highest BCUT2D eigenvalue weighted by atomic mass is 16.5. The van der Waals surface area contributed by atoms with E-state index in [-0.39, 0.29) is 11.7 Å². The first-order valence-electron chi connectivity index (χ1n) is 12.9. The highest BCUT2D eigenvalue weighted by molar-refractivity contribution is 5.88. The van der Waals surface area contributed by atoms with E-state index in [2.05, 4.69) is 50.4 Å². The van der Waals surface area contributed by atoms with E-state index < -0.39 is 5.60 Å². The topological polar surface area (TPSA) is 114 Å². The van der Waals surface area contributed by atoms with Crippen molar-refractivity contribution in [1.29, 1.82) is 0 Å². The predicted molar refractivity (Wildman–Crippen MR) is 146 cm³/mol. The molecule has 2 N–H and O–H groups in total. The molecule has 0 unspecified atom stereocenters. The third-order valence-corrected chi connectivity index (χ3v) is 7.28. The van der Waals surface area contributed by atoms with Crippen LogP contribution in [0, 0.1) is 13.8 Å². The first kappa shape index (κ1) is 25.6. The van der Waals surface area contributed by atoms with Crippen molar-refractivity contribution in [3.63, 3.8) is 0 Å². The maximum atomic E-state index is 13.5. The highest BCUT2D eigenvalue weighted by Gasteiger charge is 2.42. The lowest BCUT2D eigenvalue weighted by molar-refractivity contribution is -0.144. The number of hydrogen-bond acceptors (Lipinski definition) is 8. The van der Waals surface area contributed by atoms with E-state index in [1.807, 2.05) is 49.6 Å². The van der Waals surface area contributed by atoms with Crippen LogP contribution in [0.1, 0.15) is 48.9 Å². The summed E-state index contributed by atoms with van der Waals surface area (Å²) in [4.78, 5) is 25.1. The number of methoxy groups -OCH3 is 1. The second-order valence-electron chi connectivity index (χ2n) is 10.1. The first-order chi connectivity index (χ1) is 18.3. The van der Waals surface area contributed by atoms with Gasteiger partial charge in [0.1, 0.15) is 17.2 Å². The summed E-state index contributed by atoms with van der Waals surface area (Å²) in [5, 5.41) is 14.7. The number of ether oxygens (including phenoxy) is 1. The Morgan fingerprint density at radius 2 is 1.97 bits per heavy atom. The fraction of sp³-hybridized carbons (Fsp3) is 0.393. The predicted octanol–water partition coefficient (Wildman–Crippen LogP) is 4.49. The largest absolute Gasteiger partial charge is 0.370 e. The highest BCUT2D eigenvalue weighted by Crippen LogP contribution is 2.33. The second-order valence-corrected chi connectivity index (χ2v) is 10.1. The number of rotatable bonds is 9. The van der Waals surface area contributed by atoms with E-state index >= 15 is 0 Å². The maximum absolute atomic E-state index is 13.5. The summed E-state index contributed by atoms with van der Waals surface area (Å²) in [5.74, 6) is 3.28. The standard InChI is InChI=1S/C28H34N8O2/c1-19-14-24(31-25-17-21(3)33-34-25)32-27(15-19)35-12-8-28(38-4,9-13-35)23(37)16-20(2)22-6-7-26(29-18-22)36-11-5-10-30-36/h5-7,10-11,14-15,17-18,20H,8-9,12-13,16H2,1-4H3,(H2,31,32,33,34)/t20-/m1/s1. The quantitative estimate of drug-likeness (QED) is 0.336. The lowest BCUT2D eigenvalue weighted by Crippen LogP contribution is -2.51. The number of H-pyrrole nitrogens is 1. The van der Waals surface area contributed by atoms with Crippen molar-refractivity contribution in [2.24, 2.45) is 0 Å². The van der Waals surface area contributed by atoms with Gasteiger partial charge >= 0.3 is 0 Å². The van der Waals surface area contributed by atoms with E-state index in [0.717, 1.165) is 40.1 Å². The number of hydrogen-bond donors (Lipinski definition) is 2. The molecule has 1 fully saturated rings. The van der Waals surface area contributed by atoms with Crippen LogP contribution in [-0.2, 0) is 9.53 Å². The molecule has 1 atom stereocenters. The number of pyridine rings is 2. The molecule has 10 heteroatoms. The molecular weight excluding hydrogens is 480 g/mol. The molecule has 0 aliphatic carbocycles. The number of carbonyl (C=O) groups excluding carboxylic acids is 1. The zero-order valence-corrected chi connectivity index (χ0v) is 22.3. The van der Waals surface area contributed by atoms with E-state index in [4.69, 9.17) is 9.72 Å². The van der Waals surface area contributed by atoms with Gasteiger partial charge in [-0.2, -0.15) is 10.2 Å². The molecule has 0 saturated carbocycles. The molecule has 0 amide bonds. The third-order valence-electron chi connectivity index (χ3n) is 7.28. The van der Waals surface area contributed by atoms with Crippen molar-refractivity contribution in [3.05, 3.63) is 71.8 Å². The van der Waals surface area contributed by atoms with Gasteiger partial charge in [-0.15, -0.1) is 0 Å². The Bertz CT molecular complexity index is 1370. The average molecular weight is 515 g/mol. The molecule has 5 heterocycles. The molecule has 0 aromatic carbocycles. The summed E-state index contributed by atoms with van der Waals surface area (Å²) in [6.07, 6.45) is 7.03. The zero-order valence-electron chi connectivity index (χ0n) is 22.3. The maximum Gasteiger partial charge on any atom is 0.165 e. The van der Waals surface area contributed by atoms with Crippen LogP contribution in [0.5, 0.6) is 0 Å². The van der Waals surface area contributed by atoms with Gasteiger partial charge in [0, 0.05) is 69.8 Å². The molecule has 1 saturated heterocycles. The fourth-order valence-corrected chi connectivity index (χ4v) is 4.99. The minimum atomic E-state index is -0.787. The van der Waals surface area contributed by atoms with Gasteiger partial charge < -0.3 is 15.0 Å². The molecule has 5 rings (SSSR count). The Morgan fingerprint density at radius 3 is 2.61 bits per heavy atom. The summed E-state index contributed by atoms with van der Waals surface area (Å²) in [7, 11) is 1.65. The number of ketones is 1. The smallest absolute Gasteiger partial charge is 0.165 e. The van der Waals surface area contributed by atoms with Crippen LogP contribution in [0.15, 0.2) is 55.0 Å². The fourth-order valence-electron chi connectivity index (χ4n) is 4.99. The molecule has 0 radical (unpaired) electrons. The molecule has 1 aliphatic rings. The summed E-state index contributed by atoms with van der Waals surface area (Å²) >= 11 is 0. The molecule has 198 valence electrons. The number of Topliss-reactive ketones (excluding diaryl/α,β-unsaturated/α-hetero) is 1. The monoisotopic (exact) mass is 514 g/mol. The Morgan fingerprint density at radius 1 is 1.16 bits per heavy atom. The Labute approximate surface area is 222 Å². The molecule has 0 spiro atoms. The second kappa shape index (κ2) is 10.7. The number of aromatic amines is 1. The number of nitrogens with zero attached hydrogens (tertiary/aromatic N) is 6. The number of anilines is 3. The Balaban J connectivity index is 1.22. The van der Waals surface area contributed by atoms with E-state index in [0.29, 0.717) is 32.4 Å². The van der Waals surface area contributed by atoms with Gasteiger partial charge in [0.25, 0.3) is 0 Å². The third kappa shape index (κ3) is 5.45. The van der Waals surface area contributed by atoms with Crippen LogP contribution < -0.4 is 10.2 Å². The van der Waals surface area contributed by atoms with E-state index in [1.165, 1.54) is 0 Å². The van der Waals surface area contributed by atoms with Crippen LogP contribution in [0.3, 0.4) is 0 Å². The number of piperidine rings is 1. The summed E-state index contributed by atoms with van der Waals surface area (Å²) in [5.41, 5.74) is 2.32. The van der Waals surface area contributed by atoms with Crippen molar-refractivity contribution >= 4 is 23.2 Å². The summed E-state index contributed by atoms with van der Waals surface area (Å²) in [6, 6.07) is 11.8. The Kier molecular flexibility index (Phi) is 7.24. The van der Waals surface area contributed by atoms with Gasteiger partial charge in [-0.25, -0.2) is 14.6 Å². The zero-order chi connectivity index (χ0) is 26.7. The molecule has 1 aliphatic heterocycles. The van der Waals surface area contributed by atoms with Crippen LogP contribution in [0.2, 0.25) is 0 Å². The normalized spacial score (nSPS) is 15.8. The van der Waals surface area contributed by atoms with Crippen molar-refractivity contribution in [3.8, 4) is 5.82 Å². The molecule has 4 aromatic heterocycles. The van der Waals surface area contributed by atoms with Crippen molar-refractivity contribution in [2.45, 2.75) is 51.6 Å². The van der Waals surface area contributed by atoms with Gasteiger partial charge in [-0.3, -0.25) is 9.89 Å². The van der Waals surface area contributed by atoms with Crippen molar-refractivity contribution in [2.75, 3.05) is 30.4 Å². The van der Waals surface area contributed by atoms with Crippen LogP contribution in [0.25, 0.3) is 5.82 Å². The first-order valence-corrected chi connectivity index (χ1v) is 12.9. The van der Waals surface area contributed by atoms with Crippen LogP contribution in [-0.4, -0.2) is 61.5 Å². The minimum absolute atomic E-state index is 0.0319. The van der Waals surface area contributed by atoms with E-state index in [1.54, 1.807) is 18.0 Å². The van der Waals surface area contributed by atoms with Crippen LogP contribution in [0.4, 0.5) is 17.5 Å². The molecule has 4 aromatic rings. The van der Waals surface area contributed by atoms with Gasteiger partial charge in [0.15, 0.2) is 17.4 Å². The minimum Gasteiger partial charge on any atom is -0.370 e. The van der Waals surface area contributed by atoms with Gasteiger partial charge in [0.2, 0.25) is 0 Å². The van der Waals surface area contributed by atoms with Gasteiger partial charge in [-0.05, 0) is 55.2 Å².